The van der Waals surface area contributed by atoms with Crippen LogP contribution in [-0.4, -0.2) is 13.0 Å². The van der Waals surface area contributed by atoms with E-state index in [1.807, 2.05) is 6.08 Å². The van der Waals surface area contributed by atoms with Gasteiger partial charge in [-0.15, -0.1) is 19.8 Å². The molecule has 1 fully saturated rings. The summed E-state index contributed by atoms with van der Waals surface area (Å²) in [5.74, 6) is 0.561. The molecular formula is C24H25F5O2. The third-order valence-electron chi connectivity index (χ3n) is 5.65. The van der Waals surface area contributed by atoms with Gasteiger partial charge in [0.25, 0.3) is 0 Å². The third kappa shape index (κ3) is 6.79. The highest BCUT2D eigenvalue weighted by Crippen LogP contribution is 2.37. The highest BCUT2D eigenvalue weighted by molar-refractivity contribution is 5.28. The van der Waals surface area contributed by atoms with E-state index in [1.165, 1.54) is 24.3 Å². The molecule has 0 aliphatic heterocycles. The van der Waals surface area contributed by atoms with Crippen molar-refractivity contribution in [1.82, 2.24) is 0 Å². The van der Waals surface area contributed by atoms with Crippen LogP contribution < -0.4 is 4.74 Å². The van der Waals surface area contributed by atoms with Gasteiger partial charge in [-0.2, -0.15) is 8.78 Å². The van der Waals surface area contributed by atoms with E-state index in [4.69, 9.17) is 4.74 Å². The van der Waals surface area contributed by atoms with Gasteiger partial charge in [0.1, 0.15) is 5.75 Å². The number of benzene rings is 2. The van der Waals surface area contributed by atoms with Crippen molar-refractivity contribution in [2.45, 2.75) is 50.5 Å². The van der Waals surface area contributed by atoms with E-state index in [1.54, 1.807) is 12.1 Å². The Balaban J connectivity index is 1.50. The van der Waals surface area contributed by atoms with Gasteiger partial charge >= 0.3 is 12.5 Å². The van der Waals surface area contributed by atoms with Crippen LogP contribution in [-0.2, 0) is 17.3 Å². The fourth-order valence-corrected chi connectivity index (χ4v) is 3.88. The molecule has 0 aromatic heterocycles. The summed E-state index contributed by atoms with van der Waals surface area (Å²) in [6, 6.07) is 11.3. The SMILES string of the molecule is C=C[C@H]1CC[C@H](c2ccc(C(F)(F)OCCc3ccc(OC(F)(F)F)cc3)cc2)CC1. The molecule has 168 valence electrons. The maximum absolute atomic E-state index is 14.4. The van der Waals surface area contributed by atoms with Crippen LogP contribution in [0.3, 0.4) is 0 Å². The van der Waals surface area contributed by atoms with Crippen molar-refractivity contribution >= 4 is 0 Å². The number of halogens is 5. The Bertz CT molecular complexity index is 836. The Kier molecular flexibility index (Phi) is 7.36. The number of ether oxygens (including phenoxy) is 2. The normalized spacial score (nSPS) is 19.8. The van der Waals surface area contributed by atoms with Crippen LogP contribution in [0.25, 0.3) is 0 Å². The summed E-state index contributed by atoms with van der Waals surface area (Å²) in [4.78, 5) is 0. The molecule has 7 heteroatoms. The molecule has 31 heavy (non-hydrogen) atoms. The van der Waals surface area contributed by atoms with E-state index < -0.39 is 12.5 Å². The Labute approximate surface area is 178 Å². The van der Waals surface area contributed by atoms with Crippen LogP contribution >= 0.6 is 0 Å². The van der Waals surface area contributed by atoms with Crippen LogP contribution in [0.5, 0.6) is 5.75 Å². The predicted octanol–water partition coefficient (Wildman–Crippen LogP) is 7.35. The Morgan fingerprint density at radius 2 is 1.48 bits per heavy atom. The van der Waals surface area contributed by atoms with E-state index in [2.05, 4.69) is 11.3 Å². The first-order valence-electron chi connectivity index (χ1n) is 10.3. The van der Waals surface area contributed by atoms with E-state index in [0.29, 0.717) is 17.4 Å². The standard InChI is InChI=1S/C24H25F5O2/c1-2-17-3-7-19(8-4-17)20-9-11-21(12-10-20)23(25,26)30-16-15-18-5-13-22(14-6-18)31-24(27,28)29/h2,5-6,9-14,17,19H,1,3-4,7-8,15-16H2/t17-,19-. The highest BCUT2D eigenvalue weighted by Gasteiger charge is 2.33. The quantitative estimate of drug-likeness (QED) is 0.316. The molecule has 0 N–H and O–H groups in total. The lowest BCUT2D eigenvalue weighted by atomic mass is 9.79. The minimum Gasteiger partial charge on any atom is -0.406 e. The maximum Gasteiger partial charge on any atom is 0.573 e. The molecule has 1 aliphatic carbocycles. The first-order chi connectivity index (χ1) is 14.7. The minimum absolute atomic E-state index is 0.131. The van der Waals surface area contributed by atoms with Gasteiger partial charge in [-0.05, 0) is 67.2 Å². The van der Waals surface area contributed by atoms with Gasteiger partial charge in [0.15, 0.2) is 0 Å². The molecule has 2 aromatic carbocycles. The van der Waals surface area contributed by atoms with Gasteiger partial charge < -0.3 is 9.47 Å². The van der Waals surface area contributed by atoms with Gasteiger partial charge in [0.05, 0.1) is 12.2 Å². The molecule has 1 saturated carbocycles. The smallest absolute Gasteiger partial charge is 0.406 e. The fraction of sp³-hybridized carbons (Fsp3) is 0.417. The molecule has 0 bridgehead atoms. The van der Waals surface area contributed by atoms with E-state index >= 15 is 0 Å². The second-order valence-electron chi connectivity index (χ2n) is 7.78. The van der Waals surface area contributed by atoms with Crippen molar-refractivity contribution in [2.75, 3.05) is 6.61 Å². The van der Waals surface area contributed by atoms with Crippen molar-refractivity contribution in [3.8, 4) is 5.75 Å². The molecular weight excluding hydrogens is 415 g/mol. The molecule has 0 radical (unpaired) electrons. The predicted molar refractivity (Wildman–Crippen MR) is 108 cm³/mol. The van der Waals surface area contributed by atoms with Crippen molar-refractivity contribution < 1.29 is 31.4 Å². The van der Waals surface area contributed by atoms with Gasteiger partial charge in [-0.3, -0.25) is 0 Å². The lowest BCUT2D eigenvalue weighted by Gasteiger charge is -2.27. The lowest BCUT2D eigenvalue weighted by molar-refractivity contribution is -0.274. The second-order valence-corrected chi connectivity index (χ2v) is 7.78. The molecule has 0 saturated heterocycles. The van der Waals surface area contributed by atoms with Crippen LogP contribution in [0.15, 0.2) is 61.2 Å². The number of hydrogen-bond acceptors (Lipinski definition) is 2. The Morgan fingerprint density at radius 3 is 2.03 bits per heavy atom. The Morgan fingerprint density at radius 1 is 0.871 bits per heavy atom. The number of hydrogen-bond donors (Lipinski definition) is 0. The topological polar surface area (TPSA) is 18.5 Å². The molecule has 2 aromatic rings. The zero-order valence-electron chi connectivity index (χ0n) is 17.0. The van der Waals surface area contributed by atoms with Crippen LogP contribution in [0.1, 0.15) is 48.3 Å². The fourth-order valence-electron chi connectivity index (χ4n) is 3.88. The first kappa shape index (κ1) is 23.3. The zero-order chi connectivity index (χ0) is 22.5. The average Bonchev–Trinajstić information content (AvgIpc) is 2.74. The van der Waals surface area contributed by atoms with Crippen molar-refractivity contribution in [3.05, 3.63) is 77.9 Å². The molecule has 2 nitrogen and oxygen atoms in total. The van der Waals surface area contributed by atoms with Gasteiger partial charge in [-0.25, -0.2) is 0 Å². The monoisotopic (exact) mass is 440 g/mol. The lowest BCUT2D eigenvalue weighted by Crippen LogP contribution is -2.20. The van der Waals surface area contributed by atoms with Crippen molar-refractivity contribution in [2.24, 2.45) is 5.92 Å². The third-order valence-corrected chi connectivity index (χ3v) is 5.65. The van der Waals surface area contributed by atoms with Gasteiger partial charge in [-0.1, -0.05) is 42.5 Å². The van der Waals surface area contributed by atoms with Crippen molar-refractivity contribution in [1.29, 1.82) is 0 Å². The van der Waals surface area contributed by atoms with Crippen LogP contribution in [0.4, 0.5) is 22.0 Å². The second kappa shape index (κ2) is 9.81. The molecule has 0 amide bonds. The van der Waals surface area contributed by atoms with E-state index in [0.717, 1.165) is 43.4 Å². The van der Waals surface area contributed by atoms with E-state index in [-0.39, 0.29) is 24.3 Å². The summed E-state index contributed by atoms with van der Waals surface area (Å²) >= 11 is 0. The van der Waals surface area contributed by atoms with Gasteiger partial charge in [0.2, 0.25) is 0 Å². The molecule has 0 unspecified atom stereocenters. The summed E-state index contributed by atoms with van der Waals surface area (Å²) in [5.41, 5.74) is 1.41. The number of allylic oxidation sites excluding steroid dienone is 1. The number of alkyl halides is 5. The van der Waals surface area contributed by atoms with Crippen molar-refractivity contribution in [3.63, 3.8) is 0 Å². The Hall–Kier alpha value is -2.41. The van der Waals surface area contributed by atoms with Gasteiger partial charge in [0, 0.05) is 0 Å². The summed E-state index contributed by atoms with van der Waals surface area (Å²) in [5, 5.41) is 0. The number of rotatable bonds is 8. The molecule has 0 spiro atoms. The molecule has 0 atom stereocenters. The summed E-state index contributed by atoms with van der Waals surface area (Å²) < 4.78 is 73.9. The molecule has 1 aliphatic rings. The summed E-state index contributed by atoms with van der Waals surface area (Å²) in [6.07, 6.45) is -1.91. The minimum atomic E-state index is -4.77. The zero-order valence-corrected chi connectivity index (χ0v) is 17.0. The largest absolute Gasteiger partial charge is 0.573 e. The molecule has 3 rings (SSSR count). The van der Waals surface area contributed by atoms with Crippen LogP contribution in [0.2, 0.25) is 0 Å². The maximum atomic E-state index is 14.4. The first-order valence-corrected chi connectivity index (χ1v) is 10.3. The van der Waals surface area contributed by atoms with Crippen LogP contribution in [0, 0.1) is 5.92 Å². The molecule has 0 heterocycles. The highest BCUT2D eigenvalue weighted by atomic mass is 19.4. The van der Waals surface area contributed by atoms with E-state index in [9.17, 15) is 22.0 Å². The summed E-state index contributed by atoms with van der Waals surface area (Å²) in [6.45, 7) is 3.56. The summed E-state index contributed by atoms with van der Waals surface area (Å²) in [7, 11) is 0. The average molecular weight is 440 g/mol.